The molecule has 0 spiro atoms. The van der Waals surface area contributed by atoms with Crippen LogP contribution < -0.4 is 0 Å². The first kappa shape index (κ1) is 20.5. The van der Waals surface area contributed by atoms with Gasteiger partial charge in [-0.3, -0.25) is 9.78 Å². The van der Waals surface area contributed by atoms with Crippen LogP contribution >= 0.6 is 0 Å². The van der Waals surface area contributed by atoms with Crippen LogP contribution in [0.3, 0.4) is 0 Å². The molecule has 4 heterocycles. The van der Waals surface area contributed by atoms with Crippen LogP contribution in [0.25, 0.3) is 22.0 Å². The van der Waals surface area contributed by atoms with E-state index in [2.05, 4.69) is 41.2 Å². The number of aryl methyl sites for hydroxylation is 1. The molecule has 1 fully saturated rings. The first-order valence-electron chi connectivity index (χ1n) is 11.0. The number of hydrogen-bond acceptors (Lipinski definition) is 4. The molecule has 0 aliphatic carbocycles. The van der Waals surface area contributed by atoms with Crippen molar-refractivity contribution >= 4 is 16.8 Å². The van der Waals surface area contributed by atoms with Crippen LogP contribution in [-0.2, 0) is 11.3 Å². The van der Waals surface area contributed by atoms with Gasteiger partial charge in [-0.05, 0) is 50.1 Å². The van der Waals surface area contributed by atoms with Crippen molar-refractivity contribution in [3.05, 3.63) is 77.6 Å². The third-order valence-electron chi connectivity index (χ3n) is 6.21. The van der Waals surface area contributed by atoms with Gasteiger partial charge in [-0.2, -0.15) is 0 Å². The molecule has 0 bridgehead atoms. The Kier molecular flexibility index (Phi) is 5.53. The monoisotopic (exact) mass is 429 g/mol. The highest BCUT2D eigenvalue weighted by molar-refractivity contribution is 5.98. The SMILES string of the molecule is COCc1ccc(C(=O)N2CCC[C@H](c3[nH]c4ccc(C)cc4c3-c3cccnc3)C2)o1. The number of ether oxygens (including phenoxy) is 1. The van der Waals surface area contributed by atoms with Gasteiger partial charge in [0.1, 0.15) is 12.4 Å². The van der Waals surface area contributed by atoms with E-state index in [0.717, 1.165) is 30.5 Å². The maximum atomic E-state index is 13.1. The van der Waals surface area contributed by atoms with Gasteiger partial charge in [0.25, 0.3) is 5.91 Å². The number of methoxy groups -OCH3 is 1. The minimum atomic E-state index is -0.0630. The number of rotatable bonds is 5. The number of benzene rings is 1. The molecule has 1 aromatic carbocycles. The molecule has 1 amide bonds. The Morgan fingerprint density at radius 1 is 1.28 bits per heavy atom. The summed E-state index contributed by atoms with van der Waals surface area (Å²) in [4.78, 5) is 23.1. The van der Waals surface area contributed by atoms with Gasteiger partial charge in [-0.1, -0.05) is 17.7 Å². The van der Waals surface area contributed by atoms with Gasteiger partial charge < -0.3 is 19.0 Å². The number of nitrogens with zero attached hydrogens (tertiary/aromatic N) is 2. The highest BCUT2D eigenvalue weighted by Crippen LogP contribution is 2.39. The molecule has 32 heavy (non-hydrogen) atoms. The molecule has 1 aliphatic rings. The maximum absolute atomic E-state index is 13.1. The lowest BCUT2D eigenvalue weighted by atomic mass is 9.89. The fourth-order valence-electron chi connectivity index (χ4n) is 4.72. The maximum Gasteiger partial charge on any atom is 0.289 e. The van der Waals surface area contributed by atoms with E-state index in [0.29, 0.717) is 24.7 Å². The van der Waals surface area contributed by atoms with Crippen molar-refractivity contribution in [2.75, 3.05) is 20.2 Å². The van der Waals surface area contributed by atoms with Crippen LogP contribution in [0.15, 0.2) is 59.3 Å². The third kappa shape index (κ3) is 3.82. The molecule has 1 saturated heterocycles. The van der Waals surface area contributed by atoms with E-state index in [1.54, 1.807) is 25.4 Å². The zero-order valence-electron chi connectivity index (χ0n) is 18.4. The van der Waals surface area contributed by atoms with Gasteiger partial charge in [0, 0.05) is 66.2 Å². The van der Waals surface area contributed by atoms with Gasteiger partial charge in [0.15, 0.2) is 5.76 Å². The van der Waals surface area contributed by atoms with Crippen molar-refractivity contribution in [1.82, 2.24) is 14.9 Å². The molecule has 6 heteroatoms. The molecule has 0 saturated carbocycles. The number of fused-ring (bicyclic) bond motifs is 1. The first-order valence-corrected chi connectivity index (χ1v) is 11.0. The number of aromatic amines is 1. The summed E-state index contributed by atoms with van der Waals surface area (Å²) >= 11 is 0. The fraction of sp³-hybridized carbons (Fsp3) is 0.308. The summed E-state index contributed by atoms with van der Waals surface area (Å²) in [5.74, 6) is 1.18. The van der Waals surface area contributed by atoms with Gasteiger partial charge >= 0.3 is 0 Å². The molecule has 6 nitrogen and oxygen atoms in total. The molecule has 1 aliphatic heterocycles. The van der Waals surface area contributed by atoms with Crippen molar-refractivity contribution in [3.8, 4) is 11.1 Å². The summed E-state index contributed by atoms with van der Waals surface area (Å²) in [5, 5.41) is 1.20. The first-order chi connectivity index (χ1) is 15.6. The lowest BCUT2D eigenvalue weighted by molar-refractivity contribution is 0.0666. The topological polar surface area (TPSA) is 71.4 Å². The molecule has 164 valence electrons. The number of furan rings is 1. The Hall–Kier alpha value is -3.38. The molecule has 4 aromatic rings. The van der Waals surface area contributed by atoms with Gasteiger partial charge in [0.2, 0.25) is 0 Å². The predicted molar refractivity (Wildman–Crippen MR) is 124 cm³/mol. The van der Waals surface area contributed by atoms with E-state index >= 15 is 0 Å². The van der Waals surface area contributed by atoms with Gasteiger partial charge in [-0.25, -0.2) is 0 Å². The number of hydrogen-bond donors (Lipinski definition) is 1. The fourth-order valence-corrected chi connectivity index (χ4v) is 4.72. The molecule has 3 aromatic heterocycles. The normalized spacial score (nSPS) is 16.6. The molecular weight excluding hydrogens is 402 g/mol. The summed E-state index contributed by atoms with van der Waals surface area (Å²) in [6.07, 6.45) is 5.69. The second kappa shape index (κ2) is 8.63. The van der Waals surface area contributed by atoms with Crippen LogP contribution in [-0.4, -0.2) is 41.0 Å². The molecule has 0 radical (unpaired) electrons. The number of amides is 1. The molecular formula is C26H27N3O3. The van der Waals surface area contributed by atoms with E-state index in [1.165, 1.54) is 22.2 Å². The number of carbonyl (C=O) groups is 1. The van der Waals surface area contributed by atoms with E-state index in [9.17, 15) is 4.79 Å². The molecule has 0 unspecified atom stereocenters. The third-order valence-corrected chi connectivity index (χ3v) is 6.21. The summed E-state index contributed by atoms with van der Waals surface area (Å²) in [5.41, 5.74) is 5.80. The minimum absolute atomic E-state index is 0.0630. The van der Waals surface area contributed by atoms with E-state index in [4.69, 9.17) is 9.15 Å². The smallest absolute Gasteiger partial charge is 0.289 e. The summed E-state index contributed by atoms with van der Waals surface area (Å²) in [7, 11) is 1.61. The number of piperidine rings is 1. The van der Waals surface area contributed by atoms with E-state index in [-0.39, 0.29) is 11.8 Å². The standard InChI is InChI=1S/C26H27N3O3/c1-17-7-9-22-21(13-17)24(18-5-3-11-27-14-18)25(28-22)19-6-4-12-29(15-19)26(30)23-10-8-20(32-23)16-31-2/h3,5,7-11,13-14,19,28H,4,6,12,15-16H2,1-2H3/t19-/m0/s1. The number of pyridine rings is 1. The average Bonchev–Trinajstić information content (AvgIpc) is 3.44. The summed E-state index contributed by atoms with van der Waals surface area (Å²) in [6.45, 7) is 3.86. The van der Waals surface area contributed by atoms with Crippen LogP contribution in [0.4, 0.5) is 0 Å². The van der Waals surface area contributed by atoms with Crippen molar-refractivity contribution < 1.29 is 13.9 Å². The number of H-pyrrole nitrogens is 1. The van der Waals surface area contributed by atoms with E-state index < -0.39 is 0 Å². The summed E-state index contributed by atoms with van der Waals surface area (Å²) < 4.78 is 10.8. The van der Waals surface area contributed by atoms with Gasteiger partial charge in [0.05, 0.1) is 0 Å². The lowest BCUT2D eigenvalue weighted by Crippen LogP contribution is -2.39. The Balaban J connectivity index is 1.49. The molecule has 5 rings (SSSR count). The largest absolute Gasteiger partial charge is 0.453 e. The van der Waals surface area contributed by atoms with Crippen LogP contribution in [0.5, 0.6) is 0 Å². The van der Waals surface area contributed by atoms with Crippen LogP contribution in [0.2, 0.25) is 0 Å². The Bertz CT molecular complexity index is 1240. The van der Waals surface area contributed by atoms with Gasteiger partial charge in [-0.15, -0.1) is 0 Å². The Labute approximate surface area is 187 Å². The number of nitrogens with one attached hydrogen (secondary N) is 1. The van der Waals surface area contributed by atoms with Crippen LogP contribution in [0.1, 0.15) is 46.3 Å². The summed E-state index contributed by atoms with van der Waals surface area (Å²) in [6, 6.07) is 14.1. The zero-order chi connectivity index (χ0) is 22.1. The van der Waals surface area contributed by atoms with E-state index in [1.807, 2.05) is 17.2 Å². The number of aromatic nitrogens is 2. The lowest BCUT2D eigenvalue weighted by Gasteiger charge is -2.32. The molecule has 1 N–H and O–H groups in total. The minimum Gasteiger partial charge on any atom is -0.453 e. The average molecular weight is 430 g/mol. The predicted octanol–water partition coefficient (Wildman–Crippen LogP) is 5.30. The van der Waals surface area contributed by atoms with Crippen molar-refractivity contribution in [2.45, 2.75) is 32.3 Å². The Morgan fingerprint density at radius 2 is 2.19 bits per heavy atom. The number of likely N-dealkylation sites (tertiary alicyclic amines) is 1. The second-order valence-corrected chi connectivity index (χ2v) is 8.49. The Morgan fingerprint density at radius 3 is 3.00 bits per heavy atom. The highest BCUT2D eigenvalue weighted by Gasteiger charge is 2.30. The molecule has 1 atom stereocenters. The van der Waals surface area contributed by atoms with Crippen molar-refractivity contribution in [3.63, 3.8) is 0 Å². The zero-order valence-corrected chi connectivity index (χ0v) is 18.4. The number of carbonyl (C=O) groups excluding carboxylic acids is 1. The second-order valence-electron chi connectivity index (χ2n) is 8.49. The highest BCUT2D eigenvalue weighted by atomic mass is 16.5. The quantitative estimate of drug-likeness (QED) is 0.467. The van der Waals surface area contributed by atoms with Crippen molar-refractivity contribution in [2.24, 2.45) is 0 Å². The van der Waals surface area contributed by atoms with Crippen LogP contribution in [0, 0.1) is 6.92 Å². The van der Waals surface area contributed by atoms with Crippen molar-refractivity contribution in [1.29, 1.82) is 0 Å².